The van der Waals surface area contributed by atoms with Crippen LogP contribution in [0, 0.1) is 36.5 Å². The third-order valence-electron chi connectivity index (χ3n) is 7.78. The van der Waals surface area contributed by atoms with E-state index in [1.165, 1.54) is 16.6 Å². The van der Waals surface area contributed by atoms with Gasteiger partial charge in [0.25, 0.3) is 0 Å². The van der Waals surface area contributed by atoms with Crippen LogP contribution in [-0.4, -0.2) is 26.4 Å². The van der Waals surface area contributed by atoms with Crippen LogP contribution in [0.15, 0.2) is 36.0 Å². The molecule has 1 atom stereocenters. The Balaban J connectivity index is 1.41. The highest BCUT2D eigenvalue weighted by molar-refractivity contribution is 7.99. The lowest BCUT2D eigenvalue weighted by atomic mass is 9.69. The Kier molecular flexibility index (Phi) is 9.19. The number of aromatic nitrogens is 3. The maximum atomic E-state index is 13.0. The summed E-state index contributed by atoms with van der Waals surface area (Å²) in [7, 11) is 0. The molecule has 1 N–H and O–H groups in total. The van der Waals surface area contributed by atoms with Crippen molar-refractivity contribution in [3.8, 4) is 11.8 Å². The fraction of sp³-hybridized carbons (Fsp3) is 0.467. The Morgan fingerprint density at radius 1 is 1.38 bits per heavy atom. The smallest absolute Gasteiger partial charge is 0.235 e. The van der Waals surface area contributed by atoms with Gasteiger partial charge in [0.2, 0.25) is 5.91 Å². The first-order valence-corrected chi connectivity index (χ1v) is 15.2. The molecule has 0 fully saturated rings. The highest BCUT2D eigenvalue weighted by atomic mass is 32.2. The lowest BCUT2D eigenvalue weighted by molar-refractivity contribution is -0.113. The molecule has 39 heavy (non-hydrogen) atoms. The van der Waals surface area contributed by atoms with Crippen LogP contribution >= 0.6 is 23.1 Å². The van der Waals surface area contributed by atoms with Crippen molar-refractivity contribution < 1.29 is 9.53 Å². The quantitative estimate of drug-likeness (QED) is 0.202. The number of thiophene rings is 1. The Hall–Kier alpha value is -3.09. The van der Waals surface area contributed by atoms with E-state index in [0.717, 1.165) is 48.1 Å². The van der Waals surface area contributed by atoms with Gasteiger partial charge in [-0.15, -0.1) is 28.1 Å². The van der Waals surface area contributed by atoms with Crippen molar-refractivity contribution in [3.63, 3.8) is 0 Å². The molecule has 1 unspecified atom stereocenters. The molecular formula is C30H37N5O2S2. The van der Waals surface area contributed by atoms with Gasteiger partial charge in [-0.2, -0.15) is 5.26 Å². The van der Waals surface area contributed by atoms with E-state index in [0.29, 0.717) is 34.0 Å². The van der Waals surface area contributed by atoms with Crippen LogP contribution in [0.4, 0.5) is 5.00 Å². The van der Waals surface area contributed by atoms with E-state index in [4.69, 9.17) is 4.74 Å². The number of nitrogens with zero attached hydrogens (tertiary/aromatic N) is 4. The van der Waals surface area contributed by atoms with E-state index >= 15 is 0 Å². The number of benzene rings is 1. The molecule has 0 spiro atoms. The van der Waals surface area contributed by atoms with Crippen LogP contribution in [-0.2, 0) is 30.8 Å². The van der Waals surface area contributed by atoms with Gasteiger partial charge in [-0.25, -0.2) is 0 Å². The Morgan fingerprint density at radius 3 is 2.90 bits per heavy atom. The summed E-state index contributed by atoms with van der Waals surface area (Å²) in [5.74, 6) is 2.06. The summed E-state index contributed by atoms with van der Waals surface area (Å²) in [6.07, 6.45) is 5.84. The molecule has 2 heterocycles. The summed E-state index contributed by atoms with van der Waals surface area (Å²) in [5, 5.41) is 22.8. The van der Waals surface area contributed by atoms with Gasteiger partial charge in [0.15, 0.2) is 11.0 Å². The van der Waals surface area contributed by atoms with E-state index in [9.17, 15) is 10.1 Å². The van der Waals surface area contributed by atoms with Crippen molar-refractivity contribution in [2.45, 2.75) is 78.6 Å². The monoisotopic (exact) mass is 563 g/mol. The zero-order chi connectivity index (χ0) is 28.2. The van der Waals surface area contributed by atoms with E-state index in [1.807, 2.05) is 30.5 Å². The molecule has 0 saturated heterocycles. The predicted molar refractivity (Wildman–Crippen MR) is 158 cm³/mol. The lowest BCUT2D eigenvalue weighted by Gasteiger charge is -2.36. The van der Waals surface area contributed by atoms with Crippen molar-refractivity contribution in [3.05, 3.63) is 63.8 Å². The van der Waals surface area contributed by atoms with Gasteiger partial charge in [-0.1, -0.05) is 57.2 Å². The molecule has 206 valence electrons. The standard InChI is InChI=1S/C30H37N5O2S2/c1-7-13-35-26(17-37-24-14-19(3)9-10-20(24)4)33-34-29(35)38-18-27(36)32-28-23(16-31)22-12-11-21(15-25(22)39-28)30(5,6)8-2/h7,9-10,14,21H,1,8,11-13,15,17-18H2,2-6H3,(H,32,36). The van der Waals surface area contributed by atoms with Crippen molar-refractivity contribution in [1.82, 2.24) is 14.8 Å². The number of aryl methyl sites for hydroxylation is 2. The SMILES string of the molecule is C=CCn1c(COc2cc(C)ccc2C)nnc1SCC(=O)Nc1sc2c(c1C#N)CCC(C(C)(C)CC)C2. The van der Waals surface area contributed by atoms with Gasteiger partial charge in [0.1, 0.15) is 23.4 Å². The van der Waals surface area contributed by atoms with Gasteiger partial charge in [0, 0.05) is 11.4 Å². The number of ether oxygens (including phenoxy) is 1. The highest BCUT2D eigenvalue weighted by Crippen LogP contribution is 2.45. The zero-order valence-electron chi connectivity index (χ0n) is 23.5. The number of fused-ring (bicyclic) bond motifs is 1. The number of allylic oxidation sites excluding steroid dienone is 1. The molecular weight excluding hydrogens is 526 g/mol. The number of hydrogen-bond donors (Lipinski definition) is 1. The maximum absolute atomic E-state index is 13.0. The minimum atomic E-state index is -0.165. The summed E-state index contributed by atoms with van der Waals surface area (Å²) in [5.41, 5.74) is 4.19. The van der Waals surface area contributed by atoms with Crippen LogP contribution < -0.4 is 10.1 Å². The molecule has 1 aliphatic rings. The van der Waals surface area contributed by atoms with E-state index < -0.39 is 0 Å². The minimum absolute atomic E-state index is 0.159. The minimum Gasteiger partial charge on any atom is -0.485 e. The molecule has 0 radical (unpaired) electrons. The number of amides is 1. The van der Waals surface area contributed by atoms with Crippen molar-refractivity contribution in [2.75, 3.05) is 11.1 Å². The summed E-state index contributed by atoms with van der Waals surface area (Å²) in [6, 6.07) is 8.44. The van der Waals surface area contributed by atoms with E-state index in [-0.39, 0.29) is 23.7 Å². The van der Waals surface area contributed by atoms with Crippen molar-refractivity contribution in [1.29, 1.82) is 5.26 Å². The molecule has 1 aliphatic carbocycles. The summed E-state index contributed by atoms with van der Waals surface area (Å²) < 4.78 is 7.95. The van der Waals surface area contributed by atoms with Gasteiger partial charge in [-0.3, -0.25) is 9.36 Å². The lowest BCUT2D eigenvalue weighted by Crippen LogP contribution is -2.28. The first kappa shape index (κ1) is 28.9. The molecule has 0 bridgehead atoms. The number of thioether (sulfide) groups is 1. The molecule has 1 aromatic carbocycles. The largest absolute Gasteiger partial charge is 0.485 e. The second-order valence-corrected chi connectivity index (χ2v) is 12.8. The highest BCUT2D eigenvalue weighted by Gasteiger charge is 2.34. The first-order chi connectivity index (χ1) is 18.7. The number of nitrogens with one attached hydrogen (secondary N) is 1. The third kappa shape index (κ3) is 6.56. The van der Waals surface area contributed by atoms with Crippen LogP contribution in [0.2, 0.25) is 0 Å². The number of carbonyl (C=O) groups excluding carboxylic acids is 1. The number of nitriles is 1. The molecule has 0 saturated carbocycles. The first-order valence-electron chi connectivity index (χ1n) is 13.4. The fourth-order valence-corrected chi connectivity index (χ4v) is 6.95. The Morgan fingerprint density at radius 2 is 2.18 bits per heavy atom. The van der Waals surface area contributed by atoms with Gasteiger partial charge < -0.3 is 10.1 Å². The molecule has 2 aromatic heterocycles. The molecule has 1 amide bonds. The topological polar surface area (TPSA) is 92.8 Å². The predicted octanol–water partition coefficient (Wildman–Crippen LogP) is 6.87. The maximum Gasteiger partial charge on any atom is 0.235 e. The average molecular weight is 564 g/mol. The zero-order valence-corrected chi connectivity index (χ0v) is 25.1. The molecule has 0 aliphatic heterocycles. The number of anilines is 1. The average Bonchev–Trinajstić information content (AvgIpc) is 3.47. The van der Waals surface area contributed by atoms with Gasteiger partial charge in [-0.05, 0) is 67.2 Å². The Bertz CT molecular complexity index is 1400. The third-order valence-corrected chi connectivity index (χ3v) is 9.92. The Labute approximate surface area is 239 Å². The van der Waals surface area contributed by atoms with Gasteiger partial charge in [0.05, 0.1) is 11.3 Å². The second-order valence-electron chi connectivity index (χ2n) is 10.8. The molecule has 3 aromatic rings. The van der Waals surface area contributed by atoms with Crippen molar-refractivity contribution in [2.24, 2.45) is 11.3 Å². The summed E-state index contributed by atoms with van der Waals surface area (Å²) >= 11 is 2.88. The summed E-state index contributed by atoms with van der Waals surface area (Å²) in [4.78, 5) is 14.2. The van der Waals surface area contributed by atoms with Crippen LogP contribution in [0.1, 0.15) is 66.6 Å². The number of rotatable bonds is 11. The number of carbonyl (C=O) groups is 1. The second kappa shape index (κ2) is 12.4. The fourth-order valence-electron chi connectivity index (χ4n) is 4.89. The van der Waals surface area contributed by atoms with Crippen LogP contribution in [0.25, 0.3) is 0 Å². The van der Waals surface area contributed by atoms with Crippen LogP contribution in [0.3, 0.4) is 0 Å². The normalized spacial score (nSPS) is 14.9. The molecule has 7 nitrogen and oxygen atoms in total. The van der Waals surface area contributed by atoms with E-state index in [1.54, 1.807) is 17.4 Å². The number of hydrogen-bond acceptors (Lipinski definition) is 7. The van der Waals surface area contributed by atoms with Gasteiger partial charge >= 0.3 is 0 Å². The van der Waals surface area contributed by atoms with Crippen LogP contribution in [0.5, 0.6) is 5.75 Å². The van der Waals surface area contributed by atoms with E-state index in [2.05, 4.69) is 55.0 Å². The molecule has 9 heteroatoms. The van der Waals surface area contributed by atoms with Crippen molar-refractivity contribution >= 4 is 34.0 Å². The molecule has 4 rings (SSSR count). The summed E-state index contributed by atoms with van der Waals surface area (Å²) in [6.45, 7) is 15.6.